The van der Waals surface area contributed by atoms with Crippen molar-refractivity contribution in [2.75, 3.05) is 26.7 Å². The van der Waals surface area contributed by atoms with E-state index < -0.39 is 0 Å². The number of piperidine rings is 1. The predicted octanol–water partition coefficient (Wildman–Crippen LogP) is 4.32. The van der Waals surface area contributed by atoms with E-state index in [1.54, 1.807) is 25.3 Å². The molecule has 0 unspecified atom stereocenters. The Bertz CT molecular complexity index is 1210. The minimum atomic E-state index is -0.0750. The summed E-state index contributed by atoms with van der Waals surface area (Å²) in [4.78, 5) is 32.5. The minimum absolute atomic E-state index is 0.0222. The summed E-state index contributed by atoms with van der Waals surface area (Å²) >= 11 is 1.41. The van der Waals surface area contributed by atoms with Crippen LogP contribution >= 0.6 is 11.3 Å². The van der Waals surface area contributed by atoms with Crippen LogP contribution in [0.15, 0.2) is 48.9 Å². The number of thiazole rings is 1. The van der Waals surface area contributed by atoms with Crippen molar-refractivity contribution in [3.8, 4) is 17.2 Å². The van der Waals surface area contributed by atoms with Crippen molar-refractivity contribution in [3.05, 3.63) is 59.5 Å². The van der Waals surface area contributed by atoms with Gasteiger partial charge in [-0.25, -0.2) is 4.98 Å². The van der Waals surface area contributed by atoms with Crippen LogP contribution < -0.4 is 14.2 Å². The first kappa shape index (κ1) is 20.7. The van der Waals surface area contributed by atoms with Gasteiger partial charge in [-0.2, -0.15) is 0 Å². The minimum Gasteiger partial charge on any atom is -0.494 e. The molecule has 0 N–H and O–H groups in total. The van der Waals surface area contributed by atoms with Crippen LogP contribution in [0.3, 0.4) is 0 Å². The van der Waals surface area contributed by atoms with Crippen LogP contribution in [0, 0.1) is 5.92 Å². The summed E-state index contributed by atoms with van der Waals surface area (Å²) in [5.74, 6) is 1.84. The average molecular weight is 451 g/mol. The van der Waals surface area contributed by atoms with Crippen molar-refractivity contribution in [3.63, 3.8) is 0 Å². The maximum atomic E-state index is 13.0. The van der Waals surface area contributed by atoms with Crippen LogP contribution in [0.25, 0.3) is 10.2 Å². The van der Waals surface area contributed by atoms with Crippen molar-refractivity contribution in [2.45, 2.75) is 12.8 Å². The maximum absolute atomic E-state index is 13.0. The van der Waals surface area contributed by atoms with Gasteiger partial charge in [-0.3, -0.25) is 14.5 Å². The highest BCUT2D eigenvalue weighted by atomic mass is 32.1. The van der Waals surface area contributed by atoms with Gasteiger partial charge in [0, 0.05) is 11.5 Å². The van der Waals surface area contributed by atoms with Gasteiger partial charge in [-0.15, -0.1) is 11.3 Å². The molecule has 2 aromatic carbocycles. The lowest BCUT2D eigenvalue weighted by molar-refractivity contribution is 0.0805. The van der Waals surface area contributed by atoms with Gasteiger partial charge >= 0.3 is 0 Å². The van der Waals surface area contributed by atoms with Crippen molar-refractivity contribution >= 4 is 33.1 Å². The zero-order valence-electron chi connectivity index (χ0n) is 17.6. The second kappa shape index (κ2) is 8.72. The third-order valence-corrected chi connectivity index (χ3v) is 6.88. The van der Waals surface area contributed by atoms with Crippen LogP contribution in [-0.4, -0.2) is 48.2 Å². The van der Waals surface area contributed by atoms with E-state index in [1.165, 1.54) is 23.9 Å². The molecule has 0 spiro atoms. The van der Waals surface area contributed by atoms with Crippen molar-refractivity contribution in [1.29, 1.82) is 0 Å². The molecule has 8 heteroatoms. The summed E-state index contributed by atoms with van der Waals surface area (Å²) in [5, 5.41) is 0.532. The lowest BCUT2D eigenvalue weighted by Crippen LogP contribution is -2.39. The van der Waals surface area contributed by atoms with Crippen molar-refractivity contribution in [1.82, 2.24) is 9.88 Å². The van der Waals surface area contributed by atoms with Crippen LogP contribution in [-0.2, 0) is 0 Å². The van der Waals surface area contributed by atoms with Gasteiger partial charge in [0.15, 0.2) is 28.1 Å². The Balaban J connectivity index is 1.20. The number of hydrogen-bond donors (Lipinski definition) is 0. The van der Waals surface area contributed by atoms with Crippen LogP contribution in [0.2, 0.25) is 0 Å². The number of likely N-dealkylation sites (tertiary alicyclic amines) is 1. The molecule has 1 aromatic heterocycles. The van der Waals surface area contributed by atoms with Gasteiger partial charge in [-0.1, -0.05) is 6.07 Å². The fourth-order valence-electron chi connectivity index (χ4n) is 4.09. The number of fused-ring (bicyclic) bond motifs is 2. The molecule has 0 saturated carbocycles. The average Bonchev–Trinajstić information content (AvgIpc) is 3.28. The normalized spacial score (nSPS) is 16.3. The Labute approximate surface area is 189 Å². The predicted molar refractivity (Wildman–Crippen MR) is 121 cm³/mol. The molecule has 1 fully saturated rings. The van der Waals surface area contributed by atoms with Gasteiger partial charge < -0.3 is 14.2 Å². The first-order chi connectivity index (χ1) is 15.6. The number of hydrogen-bond acceptors (Lipinski definition) is 8. The molecule has 0 aliphatic carbocycles. The number of carbonyl (C=O) groups is 2. The molecular weight excluding hydrogens is 428 g/mol. The van der Waals surface area contributed by atoms with E-state index in [2.05, 4.69) is 9.88 Å². The first-order valence-corrected chi connectivity index (χ1v) is 11.3. The number of aromatic nitrogens is 1. The number of benzene rings is 2. The topological polar surface area (TPSA) is 78.0 Å². The fraction of sp³-hybridized carbons (Fsp3) is 0.292. The number of nitrogens with zero attached hydrogens (tertiary/aromatic N) is 2. The molecule has 32 heavy (non-hydrogen) atoms. The van der Waals surface area contributed by atoms with E-state index in [4.69, 9.17) is 14.2 Å². The molecule has 0 atom stereocenters. The number of para-hydroxylation sites is 1. The Morgan fingerprint density at radius 3 is 2.69 bits per heavy atom. The molecule has 1 saturated heterocycles. The molecule has 0 bridgehead atoms. The smallest absolute Gasteiger partial charge is 0.194 e. The highest BCUT2D eigenvalue weighted by molar-refractivity contribution is 7.20. The molecule has 164 valence electrons. The van der Waals surface area contributed by atoms with Crippen LogP contribution in [0.4, 0.5) is 0 Å². The molecule has 7 nitrogen and oxygen atoms in total. The van der Waals surface area contributed by atoms with E-state index in [0.29, 0.717) is 60.3 Å². The third-order valence-electron chi connectivity index (χ3n) is 5.85. The number of ketones is 2. The van der Waals surface area contributed by atoms with Crippen molar-refractivity contribution < 1.29 is 23.8 Å². The summed E-state index contributed by atoms with van der Waals surface area (Å²) in [6.45, 7) is 1.71. The Morgan fingerprint density at radius 2 is 1.91 bits per heavy atom. The second-order valence-corrected chi connectivity index (χ2v) is 8.86. The Morgan fingerprint density at radius 1 is 1.12 bits per heavy atom. The highest BCUT2D eigenvalue weighted by Crippen LogP contribution is 2.33. The molecule has 3 heterocycles. The lowest BCUT2D eigenvalue weighted by Gasteiger charge is -2.30. The lowest BCUT2D eigenvalue weighted by atomic mass is 9.92. The number of rotatable bonds is 6. The summed E-state index contributed by atoms with van der Waals surface area (Å²) in [5.41, 5.74) is 1.32. The first-order valence-electron chi connectivity index (χ1n) is 10.5. The van der Waals surface area contributed by atoms with Gasteiger partial charge in [0.05, 0.1) is 18.4 Å². The standard InChI is InChI=1S/C24H22N2O5S/c1-29-19-3-2-4-21-22(19)25-24(32-21)23(28)15-7-9-26(10-8-15)14-17(27)16-5-6-18-20(13-16)31-12-11-30-18/h2-6,11-13,15H,7-10,14H2,1H3. The Kier molecular flexibility index (Phi) is 5.63. The van der Waals surface area contributed by atoms with Gasteiger partial charge in [0.1, 0.15) is 23.8 Å². The van der Waals surface area contributed by atoms with Gasteiger partial charge in [-0.05, 0) is 56.3 Å². The second-order valence-electron chi connectivity index (χ2n) is 7.83. The maximum Gasteiger partial charge on any atom is 0.194 e. The summed E-state index contributed by atoms with van der Waals surface area (Å²) < 4.78 is 17.1. The van der Waals surface area contributed by atoms with E-state index in [9.17, 15) is 9.59 Å². The Hall–Kier alpha value is -3.23. The highest BCUT2D eigenvalue weighted by Gasteiger charge is 2.29. The number of ether oxygens (including phenoxy) is 3. The molecule has 3 aromatic rings. The van der Waals surface area contributed by atoms with Gasteiger partial charge in [0.2, 0.25) is 0 Å². The quantitative estimate of drug-likeness (QED) is 0.518. The summed E-state index contributed by atoms with van der Waals surface area (Å²) in [7, 11) is 1.61. The van der Waals surface area contributed by atoms with E-state index >= 15 is 0 Å². The SMILES string of the molecule is COc1cccc2sc(C(=O)C3CCN(CC(=O)c4ccc5c(c4)OC=CO5)CC3)nc12. The van der Waals surface area contributed by atoms with E-state index in [1.807, 2.05) is 18.2 Å². The summed E-state index contributed by atoms with van der Waals surface area (Å²) in [6.07, 6.45) is 4.33. The monoisotopic (exact) mass is 450 g/mol. The van der Waals surface area contributed by atoms with Crippen LogP contribution in [0.1, 0.15) is 33.0 Å². The number of carbonyl (C=O) groups excluding carboxylic acids is 2. The van der Waals surface area contributed by atoms with E-state index in [-0.39, 0.29) is 17.5 Å². The number of methoxy groups -OCH3 is 1. The molecule has 2 aliphatic rings. The van der Waals surface area contributed by atoms with Crippen molar-refractivity contribution in [2.24, 2.45) is 5.92 Å². The third kappa shape index (κ3) is 3.99. The largest absolute Gasteiger partial charge is 0.494 e. The van der Waals surface area contributed by atoms with Crippen LogP contribution in [0.5, 0.6) is 17.2 Å². The molecular formula is C24H22N2O5S. The number of Topliss-reactive ketones (excluding diaryl/α,β-unsaturated/α-hetero) is 2. The fourth-order valence-corrected chi connectivity index (χ4v) is 5.09. The molecule has 0 radical (unpaired) electrons. The summed E-state index contributed by atoms with van der Waals surface area (Å²) in [6, 6.07) is 10.9. The van der Waals surface area contributed by atoms with Gasteiger partial charge in [0.25, 0.3) is 0 Å². The van der Waals surface area contributed by atoms with E-state index in [0.717, 1.165) is 10.2 Å². The zero-order valence-corrected chi connectivity index (χ0v) is 18.4. The molecule has 0 amide bonds. The zero-order chi connectivity index (χ0) is 22.1. The molecule has 2 aliphatic heterocycles. The molecule has 5 rings (SSSR count).